The quantitative estimate of drug-likeness (QED) is 0.598. The molecule has 0 fully saturated rings. The highest BCUT2D eigenvalue weighted by Gasteiger charge is 2.27. The van der Waals surface area contributed by atoms with E-state index >= 15 is 0 Å². The van der Waals surface area contributed by atoms with Crippen LogP contribution in [0, 0.1) is 11.3 Å². The third-order valence-electron chi connectivity index (χ3n) is 2.30. The molecule has 0 aromatic carbocycles. The molecule has 0 aliphatic carbocycles. The maximum atomic E-state index is 6.73. The Morgan fingerprint density at radius 1 is 1.64 bits per heavy atom. The van der Waals surface area contributed by atoms with Crippen LogP contribution in [0.3, 0.4) is 0 Å². The van der Waals surface area contributed by atoms with Gasteiger partial charge in [0.05, 0.1) is 6.01 Å². The molecule has 0 amide bonds. The number of hydrogen-bond acceptors (Lipinski definition) is 3. The Morgan fingerprint density at radius 2 is 2.18 bits per heavy atom. The first kappa shape index (κ1) is 10.3. The van der Waals surface area contributed by atoms with Gasteiger partial charge in [0.1, 0.15) is 5.66 Å². The minimum atomic E-state index is -0.573. The van der Waals surface area contributed by atoms with Crippen LogP contribution in [0.1, 0.15) is 33.6 Å². The van der Waals surface area contributed by atoms with Crippen molar-refractivity contribution in [2.75, 3.05) is 0 Å². The van der Waals surface area contributed by atoms with Crippen LogP contribution in [0.5, 0.6) is 0 Å². The second kappa shape index (κ2) is 4.27. The molecule has 11 heavy (non-hydrogen) atoms. The maximum Gasteiger partial charge on any atom is 0.121 e. The summed E-state index contributed by atoms with van der Waals surface area (Å²) in [7, 11) is 0. The van der Waals surface area contributed by atoms with Gasteiger partial charge in [0.2, 0.25) is 0 Å². The average Bonchev–Trinajstić information content (AvgIpc) is 2.03. The van der Waals surface area contributed by atoms with Crippen LogP contribution in [0.4, 0.5) is 0 Å². The van der Waals surface area contributed by atoms with Gasteiger partial charge in [-0.2, -0.15) is 0 Å². The van der Waals surface area contributed by atoms with E-state index in [0.717, 1.165) is 12.8 Å². The van der Waals surface area contributed by atoms with Crippen LogP contribution >= 0.6 is 0 Å². The number of nitrogens with one attached hydrogen (secondary N) is 1. The summed E-state index contributed by atoms with van der Waals surface area (Å²) in [6, 6.07) is 2.02. The summed E-state index contributed by atoms with van der Waals surface area (Å²) in [6.07, 6.45) is 1.74. The van der Waals surface area contributed by atoms with Gasteiger partial charge in [-0.1, -0.05) is 20.8 Å². The van der Waals surface area contributed by atoms with E-state index in [1.54, 1.807) is 0 Å². The van der Waals surface area contributed by atoms with Crippen molar-refractivity contribution in [1.82, 2.24) is 0 Å². The van der Waals surface area contributed by atoms with Gasteiger partial charge in [-0.05, 0) is 18.8 Å². The van der Waals surface area contributed by atoms with Crippen molar-refractivity contribution in [3.63, 3.8) is 0 Å². The van der Waals surface area contributed by atoms with Crippen LogP contribution in [-0.4, -0.2) is 11.7 Å². The van der Waals surface area contributed by atoms with Crippen molar-refractivity contribution in [2.45, 2.75) is 39.3 Å². The number of nitrogens with zero attached hydrogens (tertiary/aromatic N) is 1. The van der Waals surface area contributed by atoms with Gasteiger partial charge in [-0.15, -0.1) is 0 Å². The summed E-state index contributed by atoms with van der Waals surface area (Å²) in [5.74, 6) is 0.311. The molecule has 2 atom stereocenters. The highest BCUT2D eigenvalue weighted by Crippen LogP contribution is 2.21. The van der Waals surface area contributed by atoms with Gasteiger partial charge in [-0.25, -0.2) is 10.4 Å². The predicted molar refractivity (Wildman–Crippen MR) is 46.8 cm³/mol. The smallest absolute Gasteiger partial charge is 0.121 e. The monoisotopic (exact) mass is 155 g/mol. The van der Waals surface area contributed by atoms with Gasteiger partial charge in [0, 0.05) is 0 Å². The molecule has 3 nitrogen and oxygen atoms in total. The lowest BCUT2D eigenvalue weighted by Crippen LogP contribution is -2.43. The van der Waals surface area contributed by atoms with E-state index < -0.39 is 5.66 Å². The summed E-state index contributed by atoms with van der Waals surface area (Å²) >= 11 is 0. The second-order valence-corrected chi connectivity index (χ2v) is 2.88. The molecule has 0 aliphatic rings. The number of rotatable bonds is 4. The van der Waals surface area contributed by atoms with Gasteiger partial charge in [-0.3, -0.25) is 0 Å². The molecule has 3 heteroatoms. The van der Waals surface area contributed by atoms with Crippen molar-refractivity contribution in [2.24, 2.45) is 16.6 Å². The van der Waals surface area contributed by atoms with Crippen molar-refractivity contribution < 1.29 is 0 Å². The first-order valence-corrected chi connectivity index (χ1v) is 4.03. The van der Waals surface area contributed by atoms with Crippen LogP contribution in [0.25, 0.3) is 0 Å². The van der Waals surface area contributed by atoms with E-state index in [1.807, 2.05) is 19.9 Å². The summed E-state index contributed by atoms with van der Waals surface area (Å²) in [5.41, 5.74) is 5.34. The summed E-state index contributed by atoms with van der Waals surface area (Å²) < 4.78 is 0. The lowest BCUT2D eigenvalue weighted by molar-refractivity contribution is 0.286. The lowest BCUT2D eigenvalue weighted by Gasteiger charge is -2.28. The SMILES string of the molecule is CCC(C)C(N)(CC)N=C=N. The summed E-state index contributed by atoms with van der Waals surface area (Å²) in [4.78, 5) is 3.84. The van der Waals surface area contributed by atoms with E-state index in [0.29, 0.717) is 5.92 Å². The van der Waals surface area contributed by atoms with Crippen molar-refractivity contribution in [3.05, 3.63) is 0 Å². The molecule has 0 heterocycles. The van der Waals surface area contributed by atoms with Gasteiger partial charge in [0.15, 0.2) is 0 Å². The standard InChI is InChI=1S/C8H17N3/c1-4-7(3)8(10,5-2)11-6-9/h7,9H,4-5,10H2,1-3H3. The molecule has 0 radical (unpaired) electrons. The fourth-order valence-corrected chi connectivity index (χ4v) is 0.995. The summed E-state index contributed by atoms with van der Waals surface area (Å²) in [5, 5.41) is 6.73. The highest BCUT2D eigenvalue weighted by molar-refractivity contribution is 5.37. The van der Waals surface area contributed by atoms with Gasteiger partial charge < -0.3 is 5.73 Å². The van der Waals surface area contributed by atoms with Crippen molar-refractivity contribution in [3.8, 4) is 0 Å². The molecule has 0 saturated carbocycles. The molecule has 0 spiro atoms. The molecular weight excluding hydrogens is 138 g/mol. The molecule has 0 aliphatic heterocycles. The summed E-state index contributed by atoms with van der Waals surface area (Å²) in [6.45, 7) is 6.10. The van der Waals surface area contributed by atoms with Crippen LogP contribution in [0.15, 0.2) is 4.99 Å². The first-order chi connectivity index (χ1) is 5.10. The van der Waals surface area contributed by atoms with E-state index in [-0.39, 0.29) is 0 Å². The zero-order valence-electron chi connectivity index (χ0n) is 7.52. The number of aliphatic imine (C=N–C) groups is 1. The molecule has 64 valence electrons. The van der Waals surface area contributed by atoms with Crippen LogP contribution in [-0.2, 0) is 0 Å². The average molecular weight is 155 g/mol. The molecule has 0 bridgehead atoms. The zero-order valence-corrected chi connectivity index (χ0v) is 7.52. The second-order valence-electron chi connectivity index (χ2n) is 2.88. The fourth-order valence-electron chi connectivity index (χ4n) is 0.995. The van der Waals surface area contributed by atoms with E-state index in [4.69, 9.17) is 11.1 Å². The van der Waals surface area contributed by atoms with Crippen molar-refractivity contribution >= 4 is 6.01 Å². The Hall–Kier alpha value is -0.660. The Bertz CT molecular complexity index is 161. The number of hydrogen-bond donors (Lipinski definition) is 2. The third kappa shape index (κ3) is 2.45. The Morgan fingerprint density at radius 3 is 2.45 bits per heavy atom. The molecule has 0 saturated heterocycles. The predicted octanol–water partition coefficient (Wildman–Crippen LogP) is 1.85. The molecule has 0 aromatic heterocycles. The Kier molecular flexibility index (Phi) is 4.01. The first-order valence-electron chi connectivity index (χ1n) is 4.03. The Balaban J connectivity index is 4.44. The van der Waals surface area contributed by atoms with Crippen LogP contribution < -0.4 is 5.73 Å². The highest BCUT2D eigenvalue weighted by atomic mass is 15.0. The van der Waals surface area contributed by atoms with Crippen LogP contribution in [0.2, 0.25) is 0 Å². The fraction of sp³-hybridized carbons (Fsp3) is 0.875. The number of nitrogens with two attached hydrogens (primary N) is 1. The van der Waals surface area contributed by atoms with Gasteiger partial charge >= 0.3 is 0 Å². The molecular formula is C8H17N3. The minimum Gasteiger partial charge on any atom is -0.306 e. The Labute approximate surface area is 68.2 Å². The third-order valence-corrected chi connectivity index (χ3v) is 2.30. The normalized spacial score (nSPS) is 18.2. The van der Waals surface area contributed by atoms with Gasteiger partial charge in [0.25, 0.3) is 0 Å². The largest absolute Gasteiger partial charge is 0.306 e. The maximum absolute atomic E-state index is 6.73. The molecule has 0 rings (SSSR count). The van der Waals surface area contributed by atoms with E-state index in [1.165, 1.54) is 0 Å². The van der Waals surface area contributed by atoms with E-state index in [2.05, 4.69) is 11.9 Å². The molecule has 0 aromatic rings. The van der Waals surface area contributed by atoms with E-state index in [9.17, 15) is 0 Å². The molecule has 2 unspecified atom stereocenters. The minimum absolute atomic E-state index is 0.311. The topological polar surface area (TPSA) is 62.2 Å². The van der Waals surface area contributed by atoms with Crippen molar-refractivity contribution in [1.29, 1.82) is 5.41 Å². The zero-order chi connectivity index (χ0) is 8.91. The molecule has 3 N–H and O–H groups in total. The lowest BCUT2D eigenvalue weighted by atomic mass is 9.91.